The molecule has 18 rings (SSSR count). The Bertz CT molecular complexity index is 5920. The normalized spacial score (nSPS) is 30.3. The van der Waals surface area contributed by atoms with E-state index >= 15 is 0 Å². The number of benzene rings is 3. The maximum absolute atomic E-state index is 14.6. The summed E-state index contributed by atoms with van der Waals surface area (Å²) in [5.74, 6) is -4.37. The highest BCUT2D eigenvalue weighted by Gasteiger charge is 2.69. The summed E-state index contributed by atoms with van der Waals surface area (Å²) < 4.78 is 86.5. The first kappa shape index (κ1) is 107. The number of cyclic esters (lactones) is 3. The van der Waals surface area contributed by atoms with Gasteiger partial charge in [-0.15, -0.1) is 19.7 Å². The third kappa shape index (κ3) is 24.3. The van der Waals surface area contributed by atoms with E-state index in [4.69, 9.17) is 37.7 Å². The summed E-state index contributed by atoms with van der Waals surface area (Å²) in [5.41, 5.74) is 3.02. The van der Waals surface area contributed by atoms with Gasteiger partial charge >= 0.3 is 40.7 Å². The fourth-order valence-corrected chi connectivity index (χ4v) is 29.3. The van der Waals surface area contributed by atoms with E-state index in [2.05, 4.69) is 79.7 Å². The van der Waals surface area contributed by atoms with Crippen molar-refractivity contribution >= 4 is 108 Å². The van der Waals surface area contributed by atoms with E-state index in [1.807, 2.05) is 42.5 Å². The van der Waals surface area contributed by atoms with E-state index in [1.165, 1.54) is 22.0 Å². The minimum atomic E-state index is -4.65. The van der Waals surface area contributed by atoms with Crippen LogP contribution in [-0.2, 0) is 94.8 Å². The lowest BCUT2D eigenvalue weighted by Crippen LogP contribution is -2.47. The van der Waals surface area contributed by atoms with E-state index < -0.39 is 134 Å². The van der Waals surface area contributed by atoms with Crippen molar-refractivity contribution in [1.82, 2.24) is 29.7 Å². The molecular formula is C110H145N6O25P3. The minimum Gasteiger partial charge on any atom is -0.496 e. The molecule has 9 heterocycles. The van der Waals surface area contributed by atoms with E-state index in [0.29, 0.717) is 30.7 Å². The van der Waals surface area contributed by atoms with Crippen LogP contribution in [0.15, 0.2) is 123 Å². The first-order valence-corrected chi connectivity index (χ1v) is 57.3. The fourth-order valence-electron chi connectivity index (χ4n) is 24.7. The van der Waals surface area contributed by atoms with E-state index in [0.717, 1.165) is 209 Å². The number of ether oxygens (including phenoxy) is 7. The Morgan fingerprint density at radius 1 is 0.472 bits per heavy atom. The lowest BCUT2D eigenvalue weighted by Gasteiger charge is -2.34. The third-order valence-corrected chi connectivity index (χ3v) is 39.5. The second-order valence-electron chi connectivity index (χ2n) is 43.9. The first-order chi connectivity index (χ1) is 68.9. The van der Waals surface area contributed by atoms with Crippen molar-refractivity contribution < 1.29 is 119 Å². The molecule has 3 saturated heterocycles. The molecule has 9 fully saturated rings. The Hall–Kier alpha value is -9.41. The van der Waals surface area contributed by atoms with Gasteiger partial charge in [-0.05, 0) is 251 Å². The molecule has 6 aliphatic carbocycles. The van der Waals surface area contributed by atoms with Gasteiger partial charge in [0.25, 0.3) is 0 Å². The van der Waals surface area contributed by atoms with Gasteiger partial charge in [0.05, 0.1) is 124 Å². The van der Waals surface area contributed by atoms with Gasteiger partial charge in [-0.2, -0.15) is 0 Å². The predicted octanol–water partition coefficient (Wildman–Crippen LogP) is 18.1. The van der Waals surface area contributed by atoms with Crippen molar-refractivity contribution in [3.63, 3.8) is 0 Å². The molecule has 31 nitrogen and oxygen atoms in total. The van der Waals surface area contributed by atoms with Crippen LogP contribution < -0.4 is 18.9 Å². The molecule has 17 atom stereocenters. The van der Waals surface area contributed by atoms with Gasteiger partial charge in [0, 0.05) is 73.3 Å². The van der Waals surface area contributed by atoms with Crippen LogP contribution in [0.2, 0.25) is 0 Å². The Balaban J connectivity index is 0.000000155. The van der Waals surface area contributed by atoms with Gasteiger partial charge < -0.3 is 76.8 Å². The molecule has 3 aromatic heterocycles. The largest absolute Gasteiger partial charge is 0.496 e. The van der Waals surface area contributed by atoms with Crippen LogP contribution in [0, 0.1) is 64.6 Å². The van der Waals surface area contributed by atoms with Gasteiger partial charge in [0.15, 0.2) is 17.3 Å². The van der Waals surface area contributed by atoms with E-state index in [9.17, 15) is 81.3 Å². The number of fused-ring (bicyclic) bond motifs is 9. The number of rotatable bonds is 21. The SMILES string of the molecule is C=CC1CC1(CC(=O)[C@@H]1C[C@@H]2CN1C(=O)[C@H](C1CCCC1)CC(=O)OC[C@H](C)CCCc1cc3c(nccc3cc1OC)O2)P(=O)(O)OCC.C=CC1CC1(CC(=O)[C@@H]1C[C@@H]2CN1C(=O)[C@H](C1CCCCC1)CC(=O)OCC(C)(C)CCCc1ccc3ccnc(c3c1)O2)P(=O)(O)O.C=CC1CC1(CC(=O)[C@@H]1C[C@@H]2CN1C(=O)[C@H](C1CCCCC1)CC(=O)OCCCCCc1ccc3ccnc(c3c1)O2)P(=O)(O)O. The minimum absolute atomic E-state index is 0.00235. The first-order valence-electron chi connectivity index (χ1n) is 52.5. The van der Waals surface area contributed by atoms with Crippen LogP contribution in [0.4, 0.5) is 0 Å². The smallest absolute Gasteiger partial charge is 0.335 e. The van der Waals surface area contributed by atoms with Crippen LogP contribution >= 0.6 is 22.8 Å². The lowest BCUT2D eigenvalue weighted by atomic mass is 9.77. The van der Waals surface area contributed by atoms with Crippen molar-refractivity contribution in [2.75, 3.05) is 53.2 Å². The highest BCUT2D eigenvalue weighted by atomic mass is 31.2. The fraction of sp³-hybridized carbons (Fsp3) is 0.618. The molecule has 3 amide bonds. The second kappa shape index (κ2) is 45.7. The number of ketones is 3. The topological polar surface area (TPSA) is 428 Å². The van der Waals surface area contributed by atoms with Crippen LogP contribution in [-0.4, -0.2) is 212 Å². The number of pyridine rings is 3. The molecule has 6 aliphatic heterocycles. The predicted molar refractivity (Wildman–Crippen MR) is 542 cm³/mol. The summed E-state index contributed by atoms with van der Waals surface area (Å²) in [6.45, 7) is 20.3. The number of aromatic nitrogens is 3. The van der Waals surface area contributed by atoms with Gasteiger partial charge in [0.1, 0.15) is 24.1 Å². The van der Waals surface area contributed by atoms with Crippen LogP contribution in [0.5, 0.6) is 23.4 Å². The average Bonchev–Trinajstić information content (AvgIpc) is 1.56. The molecule has 5 N–H and O–H groups in total. The van der Waals surface area contributed by atoms with Crippen molar-refractivity contribution in [3.05, 3.63) is 140 Å². The Morgan fingerprint density at radius 2 is 0.868 bits per heavy atom. The van der Waals surface area contributed by atoms with Crippen molar-refractivity contribution in [2.45, 2.75) is 311 Å². The highest BCUT2D eigenvalue weighted by Crippen LogP contribution is 2.74. The lowest BCUT2D eigenvalue weighted by molar-refractivity contribution is -0.154. The van der Waals surface area contributed by atoms with Crippen molar-refractivity contribution in [2.24, 2.45) is 64.6 Å². The summed E-state index contributed by atoms with van der Waals surface area (Å²) in [4.78, 5) is 197. The van der Waals surface area contributed by atoms with E-state index in [1.54, 1.807) is 43.6 Å². The molecule has 7 unspecified atom stereocenters. The number of hydrogen-bond donors (Lipinski definition) is 5. The summed E-state index contributed by atoms with van der Waals surface area (Å²) in [6.07, 6.45) is 29.3. The third-order valence-electron chi connectivity index (χ3n) is 33.4. The molecule has 12 bridgehead atoms. The van der Waals surface area contributed by atoms with Crippen LogP contribution in [0.1, 0.15) is 256 Å². The van der Waals surface area contributed by atoms with E-state index in [-0.39, 0.29) is 169 Å². The number of carbonyl (C=O) groups is 9. The quantitative estimate of drug-likeness (QED) is 0.0193. The zero-order chi connectivity index (χ0) is 102. The highest BCUT2D eigenvalue weighted by molar-refractivity contribution is 7.55. The molecule has 780 valence electrons. The van der Waals surface area contributed by atoms with Crippen LogP contribution in [0.3, 0.4) is 0 Å². The molecule has 6 saturated carbocycles. The molecule has 144 heavy (non-hydrogen) atoms. The molecule has 12 aliphatic rings. The Labute approximate surface area is 843 Å². The number of Topliss-reactive ketones (excluding diaryl/α,β-unsaturated/α-hetero) is 3. The number of amides is 3. The molecule has 6 aromatic rings. The number of nitrogens with zero attached hydrogens (tertiary/aromatic N) is 6. The average molecular weight is 2040 g/mol. The van der Waals surface area contributed by atoms with Gasteiger partial charge in [-0.3, -0.25) is 56.8 Å². The monoisotopic (exact) mass is 2040 g/mol. The summed E-state index contributed by atoms with van der Waals surface area (Å²) in [5, 5.41) is 1.08. The number of carbonyl (C=O) groups excluding carboxylic acids is 9. The maximum atomic E-state index is 14.6. The zero-order valence-electron chi connectivity index (χ0n) is 84.0. The Kier molecular flexibility index (Phi) is 34.1. The Morgan fingerprint density at radius 3 is 1.29 bits per heavy atom. The van der Waals surface area contributed by atoms with Gasteiger partial charge in [0.2, 0.25) is 35.4 Å². The molecule has 3 aromatic carbocycles. The standard InChI is InChI=1S/C38H51N2O9P.C37H49N2O8P.C35H45N2O8P/c1-5-28-20-38(28,50(44,45)48-6-2)21-33(41)32-18-29-22-40(32)37(43)31(25-11-7-8-12-25)19-35(42)47-23-24(3)10-9-13-27-16-30-26(17-34(27)46-4)14-15-39-36(30)49-29;1-4-27-20-37(27,48(43,44)45)21-32(40)31-18-28-22-39(31)35(42)30(25-10-6-5-7-11-25)19-33(41)46-23-36(2,3)15-8-9-24-12-13-26-14-16-38-34(47-28)29(26)17-24;1-2-26-20-35(26,46(41,42)43)21-31(38)30-18-27-22-37(30)34(40)29(24-10-6-3-7-11-24)19-32(39)44-16-8-4-5-9-23-12-13-25-14-15-36-33(45-27)28(25)17-23/h5,14-17,24-25,28-29,31-32H,1,6-13,18-23H2,2-4H3,(H,44,45);4,12-14,16-17,25,27-28,30-31H,1,5-11,15,18-23H2,2-3H3,(H2,43,44,45);2,12-15,17,24,26-27,29-30H,1,3-11,16,18-22H2,(H2,41,42,43)/t24-,28?,29-,31+,32+,38?;27?,28-,30+,31+,37?;26?,27-,29+,30+,35?/m111/s1. The number of aryl methyl sites for hydroxylation is 3. The number of hydrogen-bond acceptors (Lipinski definition) is 23. The summed E-state index contributed by atoms with van der Waals surface area (Å²) >= 11 is 0. The van der Waals surface area contributed by atoms with Crippen LogP contribution in [0.25, 0.3) is 32.3 Å². The molecule has 34 heteroatoms. The maximum Gasteiger partial charge on any atom is 0.335 e. The van der Waals surface area contributed by atoms with Gasteiger partial charge in [-0.1, -0.05) is 115 Å². The molecular weight excluding hydrogens is 1900 g/mol. The van der Waals surface area contributed by atoms with Crippen molar-refractivity contribution in [1.29, 1.82) is 0 Å². The zero-order valence-corrected chi connectivity index (χ0v) is 86.7. The number of esters is 3. The number of methoxy groups -OCH3 is 1. The van der Waals surface area contributed by atoms with Gasteiger partial charge in [-0.25, -0.2) is 15.0 Å². The number of allylic oxidation sites excluding steroid dienone is 3. The molecule has 0 spiro atoms. The summed E-state index contributed by atoms with van der Waals surface area (Å²) in [6, 6.07) is 19.4. The second-order valence-corrected chi connectivity index (χ2v) is 50.0. The summed E-state index contributed by atoms with van der Waals surface area (Å²) in [7, 11) is -11.8. The van der Waals surface area contributed by atoms with Crippen molar-refractivity contribution in [3.8, 4) is 23.4 Å². The molecule has 0 radical (unpaired) electrons.